The SMILES string of the molecule is CC(=O)OCC(=O)[C@@]1(O)CC[C@H]2[C@H]3[C@H]([C@@H](O)C[C@@]21C)[C@@]1(C)C=CC(=O)C=C1C[C@H]3Br. The zero-order chi connectivity index (χ0) is 22.1. The topological polar surface area (TPSA) is 101 Å². The first kappa shape index (κ1) is 21.9. The lowest BCUT2D eigenvalue weighted by molar-refractivity contribution is -0.180. The van der Waals surface area contributed by atoms with E-state index in [1.807, 2.05) is 13.0 Å². The molecule has 0 aliphatic heterocycles. The van der Waals surface area contributed by atoms with Crippen molar-refractivity contribution >= 4 is 33.5 Å². The molecule has 0 aromatic carbocycles. The first-order valence-corrected chi connectivity index (χ1v) is 11.5. The van der Waals surface area contributed by atoms with E-state index in [1.165, 1.54) is 6.92 Å². The number of ketones is 2. The third kappa shape index (κ3) is 2.92. The normalized spacial score (nSPS) is 47.1. The van der Waals surface area contributed by atoms with E-state index in [0.29, 0.717) is 12.8 Å². The van der Waals surface area contributed by atoms with Crippen LogP contribution in [0.4, 0.5) is 0 Å². The molecule has 0 bridgehead atoms. The van der Waals surface area contributed by atoms with Gasteiger partial charge in [-0.15, -0.1) is 0 Å². The van der Waals surface area contributed by atoms with Gasteiger partial charge in [0, 0.05) is 28.5 Å². The molecular weight excluding hydrogens is 452 g/mol. The van der Waals surface area contributed by atoms with Crippen LogP contribution in [0, 0.1) is 28.6 Å². The summed E-state index contributed by atoms with van der Waals surface area (Å²) in [7, 11) is 0. The highest BCUT2D eigenvalue weighted by Gasteiger charge is 2.69. The van der Waals surface area contributed by atoms with Crippen LogP contribution in [0.15, 0.2) is 23.8 Å². The molecule has 0 amide bonds. The van der Waals surface area contributed by atoms with Gasteiger partial charge in [-0.2, -0.15) is 0 Å². The number of aliphatic hydroxyl groups is 2. The molecule has 7 heteroatoms. The Kier molecular flexibility index (Phi) is 5.19. The van der Waals surface area contributed by atoms with E-state index in [2.05, 4.69) is 22.9 Å². The number of allylic oxidation sites excluding steroid dienone is 4. The fourth-order valence-electron chi connectivity index (χ4n) is 6.99. The van der Waals surface area contributed by atoms with Crippen molar-refractivity contribution in [3.05, 3.63) is 23.8 Å². The van der Waals surface area contributed by atoms with Gasteiger partial charge in [0.1, 0.15) is 5.60 Å². The summed E-state index contributed by atoms with van der Waals surface area (Å²) in [6.45, 7) is 4.75. The molecule has 0 radical (unpaired) electrons. The van der Waals surface area contributed by atoms with Gasteiger partial charge in [-0.3, -0.25) is 14.4 Å². The van der Waals surface area contributed by atoms with Crippen LogP contribution < -0.4 is 0 Å². The fourth-order valence-corrected chi connectivity index (χ4v) is 8.04. The van der Waals surface area contributed by atoms with Crippen LogP contribution >= 0.6 is 15.9 Å². The first-order valence-electron chi connectivity index (χ1n) is 10.6. The fraction of sp³-hybridized carbons (Fsp3) is 0.696. The molecule has 0 saturated heterocycles. The molecule has 3 saturated carbocycles. The number of ether oxygens (including phenoxy) is 1. The minimum atomic E-state index is -1.64. The second kappa shape index (κ2) is 7.10. The quantitative estimate of drug-likeness (QED) is 0.475. The third-order valence-corrected chi connectivity index (χ3v) is 9.44. The molecule has 8 atom stereocenters. The third-order valence-electron chi connectivity index (χ3n) is 8.50. The molecule has 4 aliphatic carbocycles. The average Bonchev–Trinajstić information content (AvgIpc) is 2.92. The van der Waals surface area contributed by atoms with Crippen molar-refractivity contribution in [3.63, 3.8) is 0 Å². The number of rotatable bonds is 3. The molecule has 0 spiro atoms. The van der Waals surface area contributed by atoms with E-state index < -0.39 is 40.9 Å². The van der Waals surface area contributed by atoms with Crippen molar-refractivity contribution < 1.29 is 29.3 Å². The number of hydrogen-bond acceptors (Lipinski definition) is 6. The second-order valence-electron chi connectivity index (χ2n) is 9.91. The van der Waals surface area contributed by atoms with E-state index in [0.717, 1.165) is 5.57 Å². The molecule has 164 valence electrons. The van der Waals surface area contributed by atoms with Crippen LogP contribution in [0.5, 0.6) is 0 Å². The number of alkyl halides is 1. The van der Waals surface area contributed by atoms with Crippen molar-refractivity contribution in [2.75, 3.05) is 6.61 Å². The number of hydrogen-bond donors (Lipinski definition) is 2. The molecule has 6 nitrogen and oxygen atoms in total. The van der Waals surface area contributed by atoms with E-state index in [4.69, 9.17) is 4.74 Å². The van der Waals surface area contributed by atoms with Crippen molar-refractivity contribution in [2.45, 2.75) is 63.0 Å². The van der Waals surface area contributed by atoms with Crippen LogP contribution in [0.25, 0.3) is 0 Å². The van der Waals surface area contributed by atoms with E-state index in [-0.39, 0.29) is 41.2 Å². The van der Waals surface area contributed by atoms with Crippen LogP contribution in [-0.4, -0.2) is 50.9 Å². The smallest absolute Gasteiger partial charge is 0.303 e. The van der Waals surface area contributed by atoms with Gasteiger partial charge in [-0.05, 0) is 49.7 Å². The summed E-state index contributed by atoms with van der Waals surface area (Å²) in [6.07, 6.45) is 6.39. The summed E-state index contributed by atoms with van der Waals surface area (Å²) in [5.41, 5.74) is -1.85. The van der Waals surface area contributed by atoms with Gasteiger partial charge in [-0.1, -0.05) is 41.4 Å². The summed E-state index contributed by atoms with van der Waals surface area (Å²) in [6, 6.07) is 0. The summed E-state index contributed by atoms with van der Waals surface area (Å²) < 4.78 is 4.89. The summed E-state index contributed by atoms with van der Waals surface area (Å²) in [5, 5.41) is 22.9. The Bertz CT molecular complexity index is 864. The van der Waals surface area contributed by atoms with Crippen molar-refractivity contribution in [1.82, 2.24) is 0 Å². The van der Waals surface area contributed by atoms with Gasteiger partial charge < -0.3 is 14.9 Å². The summed E-state index contributed by atoms with van der Waals surface area (Å²) in [4.78, 5) is 36.1. The Balaban J connectivity index is 1.71. The maximum absolute atomic E-state index is 12.9. The molecule has 0 unspecified atom stereocenters. The van der Waals surface area contributed by atoms with Crippen LogP contribution in [0.1, 0.15) is 46.5 Å². The summed E-state index contributed by atoms with van der Waals surface area (Å²) in [5.74, 6) is -1.14. The lowest BCUT2D eigenvalue weighted by atomic mass is 9.46. The molecule has 0 heterocycles. The molecule has 2 N–H and O–H groups in total. The van der Waals surface area contributed by atoms with Crippen LogP contribution in [0.3, 0.4) is 0 Å². The molecule has 4 rings (SSSR count). The molecule has 0 aromatic heterocycles. The highest BCUT2D eigenvalue weighted by molar-refractivity contribution is 9.09. The predicted octanol–water partition coefficient (Wildman–Crippen LogP) is 2.50. The van der Waals surface area contributed by atoms with Crippen LogP contribution in [-0.2, 0) is 19.1 Å². The zero-order valence-electron chi connectivity index (χ0n) is 17.6. The minimum Gasteiger partial charge on any atom is -0.458 e. The number of Topliss-reactive ketones (excluding diaryl/α,β-unsaturated/α-hetero) is 1. The highest BCUT2D eigenvalue weighted by Crippen LogP contribution is 2.67. The van der Waals surface area contributed by atoms with Crippen LogP contribution in [0.2, 0.25) is 0 Å². The monoisotopic (exact) mass is 480 g/mol. The van der Waals surface area contributed by atoms with Gasteiger partial charge in [0.2, 0.25) is 5.78 Å². The maximum atomic E-state index is 12.9. The minimum absolute atomic E-state index is 0.0194. The van der Waals surface area contributed by atoms with Gasteiger partial charge in [0.25, 0.3) is 0 Å². The Morgan fingerprint density at radius 3 is 2.70 bits per heavy atom. The number of fused-ring (bicyclic) bond motifs is 5. The lowest BCUT2D eigenvalue weighted by Crippen LogP contribution is -2.63. The average molecular weight is 481 g/mol. The molecule has 30 heavy (non-hydrogen) atoms. The van der Waals surface area contributed by atoms with E-state index >= 15 is 0 Å². The Hall–Kier alpha value is -1.31. The molecule has 3 fully saturated rings. The second-order valence-corrected chi connectivity index (χ2v) is 11.1. The number of carbonyl (C=O) groups excluding carboxylic acids is 3. The standard InChI is InChI=1S/C23H29BrO6/c1-12(25)30-11-18(28)23(29)7-5-15-19-16(24)9-13-8-14(26)4-6-21(13,2)20(19)17(27)10-22(15,23)3/h4,6,8,15-17,19-20,27,29H,5,7,9-11H2,1-3H3/t15-,16+,17-,19+,20-,21-,22-,23-/m0/s1. The first-order chi connectivity index (χ1) is 13.9. The lowest BCUT2D eigenvalue weighted by Gasteiger charge is -2.60. The zero-order valence-corrected chi connectivity index (χ0v) is 19.1. The van der Waals surface area contributed by atoms with Gasteiger partial charge in [0.05, 0.1) is 6.10 Å². The molecular formula is C23H29BrO6. The van der Waals surface area contributed by atoms with Crippen molar-refractivity contribution in [3.8, 4) is 0 Å². The Morgan fingerprint density at radius 1 is 1.33 bits per heavy atom. The molecule has 4 aliphatic rings. The highest BCUT2D eigenvalue weighted by atomic mass is 79.9. The van der Waals surface area contributed by atoms with E-state index in [1.54, 1.807) is 12.2 Å². The van der Waals surface area contributed by atoms with Gasteiger partial charge in [-0.25, -0.2) is 0 Å². The summed E-state index contributed by atoms with van der Waals surface area (Å²) >= 11 is 3.83. The number of carbonyl (C=O) groups is 3. The maximum Gasteiger partial charge on any atom is 0.303 e. The number of halogens is 1. The number of aliphatic hydroxyl groups excluding tert-OH is 1. The predicted molar refractivity (Wildman–Crippen MR) is 113 cm³/mol. The van der Waals surface area contributed by atoms with Gasteiger partial charge >= 0.3 is 5.97 Å². The van der Waals surface area contributed by atoms with Crippen molar-refractivity contribution in [1.29, 1.82) is 0 Å². The largest absolute Gasteiger partial charge is 0.458 e. The Morgan fingerprint density at radius 2 is 2.03 bits per heavy atom. The Labute approximate surface area is 184 Å². The number of esters is 1. The van der Waals surface area contributed by atoms with Crippen molar-refractivity contribution in [2.24, 2.45) is 28.6 Å². The van der Waals surface area contributed by atoms with E-state index in [9.17, 15) is 24.6 Å². The van der Waals surface area contributed by atoms with Gasteiger partial charge in [0.15, 0.2) is 12.4 Å². The molecule has 0 aromatic rings.